The summed E-state index contributed by atoms with van der Waals surface area (Å²) in [7, 11) is -3.76. The number of hydrogen-bond donors (Lipinski definition) is 1. The highest BCUT2D eigenvalue weighted by atomic mass is 35.5. The maximum Gasteiger partial charge on any atom is 0.245 e. The van der Waals surface area contributed by atoms with Crippen molar-refractivity contribution in [2.75, 3.05) is 0 Å². The minimum Gasteiger partial charge on any atom is -0.377 e. The number of hydrogen-bond acceptors (Lipinski definition) is 3. The standard InChI is InChI=1S/C17H18ClNO3S/c1-11-3-9-15(10-4-11)23(21,22)19-16(12(2)17(19)20)13-5-7-14(18)8-6-13/h3-10,12,16-17,20H,1-2H3/t12-,16+,17+/m1/s1. The molecule has 0 bridgehead atoms. The molecule has 6 heteroatoms. The normalized spacial score (nSPS) is 25.1. The van der Waals surface area contributed by atoms with Gasteiger partial charge in [-0.3, -0.25) is 0 Å². The van der Waals surface area contributed by atoms with Gasteiger partial charge in [-0.15, -0.1) is 0 Å². The van der Waals surface area contributed by atoms with Crippen LogP contribution in [-0.4, -0.2) is 24.1 Å². The van der Waals surface area contributed by atoms with E-state index in [0.29, 0.717) is 5.02 Å². The molecular weight excluding hydrogens is 334 g/mol. The van der Waals surface area contributed by atoms with E-state index in [1.54, 1.807) is 48.5 Å². The van der Waals surface area contributed by atoms with Gasteiger partial charge in [-0.05, 0) is 36.8 Å². The summed E-state index contributed by atoms with van der Waals surface area (Å²) >= 11 is 5.90. The molecule has 0 amide bonds. The van der Waals surface area contributed by atoms with Crippen LogP contribution in [0, 0.1) is 12.8 Å². The van der Waals surface area contributed by atoms with Gasteiger partial charge in [-0.2, -0.15) is 4.31 Å². The Morgan fingerprint density at radius 2 is 1.61 bits per heavy atom. The maximum atomic E-state index is 12.9. The van der Waals surface area contributed by atoms with Crippen LogP contribution in [0.25, 0.3) is 0 Å². The summed E-state index contributed by atoms with van der Waals surface area (Å²) in [5, 5.41) is 10.8. The molecule has 0 radical (unpaired) electrons. The van der Waals surface area contributed by atoms with E-state index in [2.05, 4.69) is 0 Å². The van der Waals surface area contributed by atoms with Crippen LogP contribution in [0.4, 0.5) is 0 Å². The lowest BCUT2D eigenvalue weighted by molar-refractivity contribution is -0.115. The Kier molecular flexibility index (Phi) is 4.23. The van der Waals surface area contributed by atoms with Crippen molar-refractivity contribution in [1.29, 1.82) is 0 Å². The van der Waals surface area contributed by atoms with Crippen LogP contribution in [0.5, 0.6) is 0 Å². The van der Waals surface area contributed by atoms with E-state index < -0.39 is 22.3 Å². The number of halogens is 1. The van der Waals surface area contributed by atoms with Gasteiger partial charge in [0.2, 0.25) is 10.0 Å². The van der Waals surface area contributed by atoms with Crippen molar-refractivity contribution in [2.24, 2.45) is 5.92 Å². The molecule has 3 rings (SSSR count). The Morgan fingerprint density at radius 3 is 2.17 bits per heavy atom. The summed E-state index contributed by atoms with van der Waals surface area (Å²) in [5.41, 5.74) is 1.80. The first-order valence-electron chi connectivity index (χ1n) is 7.36. The summed E-state index contributed by atoms with van der Waals surface area (Å²) in [6, 6.07) is 13.3. The van der Waals surface area contributed by atoms with Gasteiger partial charge in [-0.1, -0.05) is 48.4 Å². The Bertz CT molecular complexity index is 803. The molecule has 1 N–H and O–H groups in total. The minimum atomic E-state index is -3.76. The lowest BCUT2D eigenvalue weighted by atomic mass is 9.86. The third-order valence-electron chi connectivity index (χ3n) is 4.31. The second-order valence-corrected chi connectivity index (χ2v) is 8.20. The molecule has 4 nitrogen and oxygen atoms in total. The minimum absolute atomic E-state index is 0.184. The number of aliphatic hydroxyl groups is 1. The van der Waals surface area contributed by atoms with Gasteiger partial charge in [0.25, 0.3) is 0 Å². The van der Waals surface area contributed by atoms with Gasteiger partial charge < -0.3 is 5.11 Å². The molecule has 0 aliphatic carbocycles. The second kappa shape index (κ2) is 5.91. The molecular formula is C17H18ClNO3S. The molecule has 2 aromatic rings. The fraction of sp³-hybridized carbons (Fsp3) is 0.294. The van der Waals surface area contributed by atoms with E-state index in [4.69, 9.17) is 11.6 Å². The molecule has 0 saturated carbocycles. The van der Waals surface area contributed by atoms with Gasteiger partial charge in [0.15, 0.2) is 0 Å². The van der Waals surface area contributed by atoms with Crippen LogP contribution in [-0.2, 0) is 10.0 Å². The summed E-state index contributed by atoms with van der Waals surface area (Å²) in [5.74, 6) is -0.184. The van der Waals surface area contributed by atoms with Crippen molar-refractivity contribution < 1.29 is 13.5 Å². The van der Waals surface area contributed by atoms with Crippen LogP contribution < -0.4 is 0 Å². The highest BCUT2D eigenvalue weighted by Gasteiger charge is 2.52. The fourth-order valence-electron chi connectivity index (χ4n) is 2.92. The number of aliphatic hydroxyl groups excluding tert-OH is 1. The largest absolute Gasteiger partial charge is 0.377 e. The molecule has 0 unspecified atom stereocenters. The van der Waals surface area contributed by atoms with Crippen molar-refractivity contribution in [3.63, 3.8) is 0 Å². The lowest BCUT2D eigenvalue weighted by Gasteiger charge is -2.50. The zero-order chi connectivity index (χ0) is 16.8. The summed E-state index contributed by atoms with van der Waals surface area (Å²) in [4.78, 5) is 0.188. The summed E-state index contributed by atoms with van der Waals surface area (Å²) in [6.45, 7) is 3.73. The molecule has 1 aliphatic heterocycles. The number of sulfonamides is 1. The average molecular weight is 352 g/mol. The predicted octanol–water partition coefficient (Wildman–Crippen LogP) is 3.35. The second-order valence-electron chi connectivity index (χ2n) is 5.92. The summed E-state index contributed by atoms with van der Waals surface area (Å²) < 4.78 is 26.9. The van der Waals surface area contributed by atoms with E-state index >= 15 is 0 Å². The van der Waals surface area contributed by atoms with Crippen LogP contribution in [0.15, 0.2) is 53.4 Å². The first kappa shape index (κ1) is 16.5. The van der Waals surface area contributed by atoms with Crippen molar-refractivity contribution in [2.45, 2.75) is 31.0 Å². The molecule has 2 aromatic carbocycles. The molecule has 1 heterocycles. The van der Waals surface area contributed by atoms with Crippen molar-refractivity contribution in [3.8, 4) is 0 Å². The zero-order valence-electron chi connectivity index (χ0n) is 12.8. The molecule has 23 heavy (non-hydrogen) atoms. The molecule has 1 aliphatic rings. The highest BCUT2D eigenvalue weighted by molar-refractivity contribution is 7.89. The van der Waals surface area contributed by atoms with Gasteiger partial charge >= 0.3 is 0 Å². The molecule has 1 fully saturated rings. The zero-order valence-corrected chi connectivity index (χ0v) is 14.4. The van der Waals surface area contributed by atoms with Gasteiger partial charge in [-0.25, -0.2) is 8.42 Å². The van der Waals surface area contributed by atoms with Crippen LogP contribution >= 0.6 is 11.6 Å². The van der Waals surface area contributed by atoms with Gasteiger partial charge in [0.1, 0.15) is 6.23 Å². The smallest absolute Gasteiger partial charge is 0.245 e. The maximum absolute atomic E-state index is 12.9. The van der Waals surface area contributed by atoms with E-state index in [1.165, 1.54) is 4.31 Å². The molecule has 0 aromatic heterocycles. The number of aryl methyl sites for hydroxylation is 1. The Hall–Kier alpha value is -1.40. The third kappa shape index (κ3) is 2.78. The van der Waals surface area contributed by atoms with E-state index in [0.717, 1.165) is 11.1 Å². The van der Waals surface area contributed by atoms with E-state index in [-0.39, 0.29) is 10.8 Å². The number of nitrogens with zero attached hydrogens (tertiary/aromatic N) is 1. The number of rotatable bonds is 3. The third-order valence-corrected chi connectivity index (χ3v) is 6.43. The Balaban J connectivity index is 1.99. The van der Waals surface area contributed by atoms with Crippen LogP contribution in [0.1, 0.15) is 24.1 Å². The SMILES string of the molecule is Cc1ccc(S(=O)(=O)N2[C@H](c3ccc(Cl)cc3)[C@@H](C)[C@@H]2O)cc1. The molecule has 122 valence electrons. The predicted molar refractivity (Wildman–Crippen MR) is 89.6 cm³/mol. The van der Waals surface area contributed by atoms with Crippen LogP contribution in [0.2, 0.25) is 5.02 Å². The Morgan fingerprint density at radius 1 is 1.04 bits per heavy atom. The van der Waals surface area contributed by atoms with Gasteiger partial charge in [0, 0.05) is 10.9 Å². The average Bonchev–Trinajstić information content (AvgIpc) is 2.53. The monoisotopic (exact) mass is 351 g/mol. The topological polar surface area (TPSA) is 57.6 Å². The molecule has 1 saturated heterocycles. The Labute approximate surface area is 141 Å². The molecule has 3 atom stereocenters. The van der Waals surface area contributed by atoms with Crippen LogP contribution in [0.3, 0.4) is 0 Å². The first-order chi connectivity index (χ1) is 10.8. The van der Waals surface area contributed by atoms with Crippen molar-refractivity contribution in [3.05, 3.63) is 64.7 Å². The first-order valence-corrected chi connectivity index (χ1v) is 9.18. The molecule has 0 spiro atoms. The van der Waals surface area contributed by atoms with E-state index in [9.17, 15) is 13.5 Å². The number of benzene rings is 2. The quantitative estimate of drug-likeness (QED) is 0.922. The fourth-order valence-corrected chi connectivity index (χ4v) is 4.86. The van der Waals surface area contributed by atoms with E-state index in [1.807, 2.05) is 13.8 Å². The summed E-state index contributed by atoms with van der Waals surface area (Å²) in [6.07, 6.45) is -1.03. The van der Waals surface area contributed by atoms with Crippen molar-refractivity contribution in [1.82, 2.24) is 4.31 Å². The van der Waals surface area contributed by atoms with Gasteiger partial charge in [0.05, 0.1) is 10.9 Å². The van der Waals surface area contributed by atoms with Crippen molar-refractivity contribution >= 4 is 21.6 Å². The highest BCUT2D eigenvalue weighted by Crippen LogP contribution is 2.46. The lowest BCUT2D eigenvalue weighted by Crippen LogP contribution is -2.59.